The van der Waals surface area contributed by atoms with Gasteiger partial charge in [-0.2, -0.15) is 4.31 Å². The van der Waals surface area contributed by atoms with E-state index in [9.17, 15) is 8.42 Å². The molecule has 2 rings (SSSR count). The number of nitrogens with zero attached hydrogens (tertiary/aromatic N) is 1. The lowest BCUT2D eigenvalue weighted by Gasteiger charge is -2.27. The average Bonchev–Trinajstić information content (AvgIpc) is 2.77. The zero-order valence-corrected chi connectivity index (χ0v) is 14.9. The van der Waals surface area contributed by atoms with E-state index in [-0.39, 0.29) is 6.04 Å². The van der Waals surface area contributed by atoms with Crippen LogP contribution in [-0.4, -0.2) is 25.3 Å². The Labute approximate surface area is 131 Å². The van der Waals surface area contributed by atoms with Crippen LogP contribution < -0.4 is 0 Å². The molecule has 6 heteroatoms. The third kappa shape index (κ3) is 3.06. The van der Waals surface area contributed by atoms with Crippen LogP contribution in [0.1, 0.15) is 26.7 Å². The van der Waals surface area contributed by atoms with Crippen LogP contribution in [0.25, 0.3) is 0 Å². The maximum Gasteiger partial charge on any atom is 0.244 e. The van der Waals surface area contributed by atoms with Gasteiger partial charge in [-0.1, -0.05) is 29.8 Å². The maximum absolute atomic E-state index is 12.8. The van der Waals surface area contributed by atoms with Crippen LogP contribution in [0, 0.1) is 5.92 Å². The van der Waals surface area contributed by atoms with E-state index in [1.54, 1.807) is 22.5 Å². The Kier molecular flexibility index (Phi) is 4.75. The van der Waals surface area contributed by atoms with Crippen molar-refractivity contribution in [2.24, 2.45) is 5.92 Å². The van der Waals surface area contributed by atoms with Crippen molar-refractivity contribution in [1.82, 2.24) is 4.31 Å². The number of sulfonamides is 1. The highest BCUT2D eigenvalue weighted by molar-refractivity contribution is 9.11. The van der Waals surface area contributed by atoms with Crippen molar-refractivity contribution in [3.63, 3.8) is 0 Å². The van der Waals surface area contributed by atoms with Gasteiger partial charge in [0.1, 0.15) is 0 Å². The van der Waals surface area contributed by atoms with Gasteiger partial charge in [0, 0.05) is 21.5 Å². The maximum atomic E-state index is 12.8. The first-order valence-corrected chi connectivity index (χ1v) is 9.33. The molecule has 1 heterocycles. The standard InChI is InChI=1S/C13H17Br2NO2S/c1-9(2)12-4-3-7-16(12)19(17,18)13-6-5-10(14)8-11(13)15/h5-6,8-9,12H,3-4,7H2,1-2H3. The van der Waals surface area contributed by atoms with E-state index in [0.29, 0.717) is 21.8 Å². The summed E-state index contributed by atoms with van der Waals surface area (Å²) in [6.45, 7) is 4.78. The number of benzene rings is 1. The van der Waals surface area contributed by atoms with Gasteiger partial charge in [0.2, 0.25) is 10.0 Å². The van der Waals surface area contributed by atoms with Crippen LogP contribution in [0.5, 0.6) is 0 Å². The van der Waals surface area contributed by atoms with Crippen molar-refractivity contribution >= 4 is 41.9 Å². The van der Waals surface area contributed by atoms with Crippen molar-refractivity contribution in [2.45, 2.75) is 37.6 Å². The van der Waals surface area contributed by atoms with Gasteiger partial charge >= 0.3 is 0 Å². The van der Waals surface area contributed by atoms with E-state index < -0.39 is 10.0 Å². The molecule has 0 aromatic heterocycles. The molecule has 1 fully saturated rings. The van der Waals surface area contributed by atoms with E-state index in [0.717, 1.165) is 17.3 Å². The Hall–Kier alpha value is 0.0900. The predicted octanol–water partition coefficient (Wildman–Crippen LogP) is 4.02. The minimum absolute atomic E-state index is 0.112. The normalized spacial score (nSPS) is 21.2. The van der Waals surface area contributed by atoms with Gasteiger partial charge < -0.3 is 0 Å². The average molecular weight is 411 g/mol. The largest absolute Gasteiger partial charge is 0.244 e. The van der Waals surface area contributed by atoms with E-state index in [1.807, 2.05) is 0 Å². The molecule has 106 valence electrons. The second-order valence-electron chi connectivity index (χ2n) is 5.14. The van der Waals surface area contributed by atoms with Crippen LogP contribution in [0.3, 0.4) is 0 Å². The molecule has 1 aliphatic rings. The predicted molar refractivity (Wildman–Crippen MR) is 83.6 cm³/mol. The molecular weight excluding hydrogens is 394 g/mol. The molecule has 1 aromatic carbocycles. The fraction of sp³-hybridized carbons (Fsp3) is 0.538. The van der Waals surface area contributed by atoms with Gasteiger partial charge in [-0.3, -0.25) is 0 Å². The lowest BCUT2D eigenvalue weighted by molar-refractivity contribution is 0.315. The van der Waals surface area contributed by atoms with Gasteiger partial charge in [0.15, 0.2) is 0 Å². The molecule has 0 aliphatic carbocycles. The molecule has 0 saturated carbocycles. The lowest BCUT2D eigenvalue weighted by Crippen LogP contribution is -2.38. The Morgan fingerprint density at radius 3 is 2.58 bits per heavy atom. The molecule has 0 spiro atoms. The molecule has 0 radical (unpaired) electrons. The van der Waals surface area contributed by atoms with Gasteiger partial charge in [-0.15, -0.1) is 0 Å². The van der Waals surface area contributed by atoms with Crippen LogP contribution >= 0.6 is 31.9 Å². The Balaban J connectivity index is 2.42. The number of hydrogen-bond acceptors (Lipinski definition) is 2. The third-order valence-electron chi connectivity index (χ3n) is 3.50. The minimum Gasteiger partial charge on any atom is -0.207 e. The molecule has 3 nitrogen and oxygen atoms in total. The number of hydrogen-bond donors (Lipinski definition) is 0. The molecule has 19 heavy (non-hydrogen) atoms. The summed E-state index contributed by atoms with van der Waals surface area (Å²) in [4.78, 5) is 0.350. The van der Waals surface area contributed by atoms with Crippen LogP contribution in [0.4, 0.5) is 0 Å². The van der Waals surface area contributed by atoms with Crippen molar-refractivity contribution in [3.8, 4) is 0 Å². The van der Waals surface area contributed by atoms with Gasteiger partial charge in [-0.25, -0.2) is 8.42 Å². The molecule has 1 aliphatic heterocycles. The summed E-state index contributed by atoms with van der Waals surface area (Å²) in [7, 11) is -3.41. The highest BCUT2D eigenvalue weighted by atomic mass is 79.9. The van der Waals surface area contributed by atoms with Crippen molar-refractivity contribution < 1.29 is 8.42 Å². The number of halogens is 2. The fourth-order valence-electron chi connectivity index (χ4n) is 2.54. The van der Waals surface area contributed by atoms with E-state index in [4.69, 9.17) is 0 Å². The second-order valence-corrected chi connectivity index (χ2v) is 8.77. The molecule has 1 atom stereocenters. The third-order valence-corrected chi connectivity index (χ3v) is 6.89. The Morgan fingerprint density at radius 1 is 1.32 bits per heavy atom. The van der Waals surface area contributed by atoms with Crippen LogP contribution in [0.2, 0.25) is 0 Å². The minimum atomic E-state index is -3.41. The smallest absolute Gasteiger partial charge is 0.207 e. The molecule has 0 bridgehead atoms. The van der Waals surface area contributed by atoms with Crippen molar-refractivity contribution in [1.29, 1.82) is 0 Å². The highest BCUT2D eigenvalue weighted by Gasteiger charge is 2.37. The second kappa shape index (κ2) is 5.84. The molecule has 0 N–H and O–H groups in total. The Bertz CT molecular complexity index is 572. The summed E-state index contributed by atoms with van der Waals surface area (Å²) >= 11 is 6.69. The fourth-order valence-corrected chi connectivity index (χ4v) is 6.07. The lowest BCUT2D eigenvalue weighted by atomic mass is 10.0. The van der Waals surface area contributed by atoms with Gasteiger partial charge in [-0.05, 0) is 52.9 Å². The SMILES string of the molecule is CC(C)C1CCCN1S(=O)(=O)c1ccc(Br)cc1Br. The van der Waals surface area contributed by atoms with E-state index in [1.165, 1.54) is 0 Å². The molecule has 1 unspecified atom stereocenters. The van der Waals surface area contributed by atoms with Gasteiger partial charge in [0.25, 0.3) is 0 Å². The summed E-state index contributed by atoms with van der Waals surface area (Å²) < 4.78 is 28.7. The first-order valence-electron chi connectivity index (χ1n) is 6.31. The summed E-state index contributed by atoms with van der Waals surface area (Å²) in [5.41, 5.74) is 0. The molecule has 0 amide bonds. The molecule has 1 aromatic rings. The van der Waals surface area contributed by atoms with Crippen molar-refractivity contribution in [3.05, 3.63) is 27.1 Å². The first kappa shape index (κ1) is 15.5. The zero-order chi connectivity index (χ0) is 14.2. The molecule has 1 saturated heterocycles. The van der Waals surface area contributed by atoms with Crippen LogP contribution in [0.15, 0.2) is 32.0 Å². The van der Waals surface area contributed by atoms with Gasteiger partial charge in [0.05, 0.1) is 4.90 Å². The van der Waals surface area contributed by atoms with E-state index >= 15 is 0 Å². The topological polar surface area (TPSA) is 37.4 Å². The van der Waals surface area contributed by atoms with E-state index in [2.05, 4.69) is 45.7 Å². The summed E-state index contributed by atoms with van der Waals surface area (Å²) in [6.07, 6.45) is 1.89. The highest BCUT2D eigenvalue weighted by Crippen LogP contribution is 2.34. The van der Waals surface area contributed by atoms with Crippen LogP contribution in [-0.2, 0) is 10.0 Å². The summed E-state index contributed by atoms with van der Waals surface area (Å²) in [5, 5.41) is 0. The summed E-state index contributed by atoms with van der Waals surface area (Å²) in [6, 6.07) is 5.30. The quantitative estimate of drug-likeness (QED) is 0.754. The monoisotopic (exact) mass is 409 g/mol. The molecular formula is C13H17Br2NO2S. The van der Waals surface area contributed by atoms with Crippen molar-refractivity contribution in [2.75, 3.05) is 6.54 Å². The number of rotatable bonds is 3. The summed E-state index contributed by atoms with van der Waals surface area (Å²) in [5.74, 6) is 0.339. The Morgan fingerprint density at radius 2 is 2.00 bits per heavy atom. The first-order chi connectivity index (χ1) is 8.84. The zero-order valence-electron chi connectivity index (χ0n) is 10.9.